The van der Waals surface area contributed by atoms with Gasteiger partial charge < -0.3 is 10.2 Å². The molecule has 0 spiro atoms. The molecule has 25 heavy (non-hydrogen) atoms. The molecule has 0 bridgehead atoms. The Morgan fingerprint density at radius 3 is 2.68 bits per heavy atom. The van der Waals surface area contributed by atoms with Crippen LogP contribution in [0.2, 0.25) is 0 Å². The zero-order chi connectivity index (χ0) is 18.0. The van der Waals surface area contributed by atoms with Crippen molar-refractivity contribution in [3.63, 3.8) is 0 Å². The number of benzene rings is 1. The summed E-state index contributed by atoms with van der Waals surface area (Å²) in [5, 5.41) is 16.2. The predicted octanol–water partition coefficient (Wildman–Crippen LogP) is 3.92. The fraction of sp³-hybridized carbons (Fsp3) is 0.526. The van der Waals surface area contributed by atoms with Crippen LogP contribution >= 0.6 is 0 Å². The van der Waals surface area contributed by atoms with Gasteiger partial charge in [-0.2, -0.15) is 0 Å². The summed E-state index contributed by atoms with van der Waals surface area (Å²) in [4.78, 5) is 17.4. The van der Waals surface area contributed by atoms with Gasteiger partial charge in [-0.05, 0) is 37.3 Å². The number of nitrogens with zero attached hydrogens (tertiary/aromatic N) is 3. The molecule has 6 heteroatoms. The average molecular weight is 342 g/mol. The van der Waals surface area contributed by atoms with E-state index in [1.807, 2.05) is 6.07 Å². The van der Waals surface area contributed by atoms with Crippen molar-refractivity contribution in [2.75, 3.05) is 25.0 Å². The molecule has 6 nitrogen and oxygen atoms in total. The molecule has 1 aliphatic rings. The number of rotatable bonds is 5. The van der Waals surface area contributed by atoms with Crippen LogP contribution in [0.3, 0.4) is 0 Å². The van der Waals surface area contributed by atoms with E-state index < -0.39 is 0 Å². The Balaban J connectivity index is 1.76. The van der Waals surface area contributed by atoms with Crippen LogP contribution in [0.15, 0.2) is 30.6 Å². The zero-order valence-electron chi connectivity index (χ0n) is 15.1. The lowest BCUT2D eigenvalue weighted by atomic mass is 9.91. The molecule has 1 aromatic carbocycles. The number of non-ortho nitro benzene ring substituents is 1. The number of likely N-dealkylation sites (tertiary alicyclic amines) is 1. The van der Waals surface area contributed by atoms with E-state index in [1.165, 1.54) is 6.42 Å². The highest BCUT2D eigenvalue weighted by Gasteiger charge is 2.23. The van der Waals surface area contributed by atoms with E-state index in [-0.39, 0.29) is 16.7 Å². The molecule has 3 unspecified atom stereocenters. The third-order valence-corrected chi connectivity index (χ3v) is 4.87. The SMILES string of the molecule is CC1CC(C)CN(CC(C)Nc2ccc([N+](=O)[O-])c3cnccc23)C1. The van der Waals surface area contributed by atoms with Crippen molar-refractivity contribution < 1.29 is 4.92 Å². The highest BCUT2D eigenvalue weighted by molar-refractivity contribution is 5.99. The number of nitrogens with one attached hydrogen (secondary N) is 1. The maximum Gasteiger partial charge on any atom is 0.278 e. The fourth-order valence-corrected chi connectivity index (χ4v) is 4.10. The molecule has 1 saturated heterocycles. The summed E-state index contributed by atoms with van der Waals surface area (Å²) in [7, 11) is 0. The molecule has 0 saturated carbocycles. The Hall–Kier alpha value is -2.21. The quantitative estimate of drug-likeness (QED) is 0.658. The van der Waals surface area contributed by atoms with Crippen molar-refractivity contribution in [2.45, 2.75) is 33.2 Å². The zero-order valence-corrected chi connectivity index (χ0v) is 15.1. The van der Waals surface area contributed by atoms with Gasteiger partial charge >= 0.3 is 0 Å². The number of nitro benzene ring substituents is 1. The molecule has 2 heterocycles. The second kappa shape index (κ2) is 7.35. The van der Waals surface area contributed by atoms with E-state index in [1.54, 1.807) is 24.5 Å². The molecule has 0 radical (unpaired) electrons. The van der Waals surface area contributed by atoms with E-state index >= 15 is 0 Å². The third kappa shape index (κ3) is 4.07. The maximum absolute atomic E-state index is 11.2. The van der Waals surface area contributed by atoms with Gasteiger partial charge in [0.05, 0.1) is 10.3 Å². The van der Waals surface area contributed by atoms with Crippen molar-refractivity contribution >= 4 is 22.1 Å². The van der Waals surface area contributed by atoms with Crippen LogP contribution in [0.4, 0.5) is 11.4 Å². The van der Waals surface area contributed by atoms with Crippen LogP contribution < -0.4 is 5.32 Å². The van der Waals surface area contributed by atoms with Crippen LogP contribution in [-0.2, 0) is 0 Å². The lowest BCUT2D eigenvalue weighted by Crippen LogP contribution is -2.43. The fourth-order valence-electron chi connectivity index (χ4n) is 4.10. The maximum atomic E-state index is 11.2. The molecule has 1 fully saturated rings. The molecular weight excluding hydrogens is 316 g/mol. The Labute approximate surface area is 148 Å². The van der Waals surface area contributed by atoms with Gasteiger partial charge in [-0.1, -0.05) is 13.8 Å². The minimum Gasteiger partial charge on any atom is -0.381 e. The van der Waals surface area contributed by atoms with Crippen molar-refractivity contribution in [3.8, 4) is 0 Å². The van der Waals surface area contributed by atoms with Crippen molar-refractivity contribution in [3.05, 3.63) is 40.7 Å². The van der Waals surface area contributed by atoms with Crippen molar-refractivity contribution in [1.82, 2.24) is 9.88 Å². The number of anilines is 1. The van der Waals surface area contributed by atoms with Gasteiger partial charge in [-0.3, -0.25) is 15.1 Å². The van der Waals surface area contributed by atoms with Crippen LogP contribution in [0, 0.1) is 22.0 Å². The second-order valence-corrected chi connectivity index (χ2v) is 7.52. The molecule has 1 aromatic heterocycles. The smallest absolute Gasteiger partial charge is 0.278 e. The molecule has 0 amide bonds. The third-order valence-electron chi connectivity index (χ3n) is 4.87. The normalized spacial score (nSPS) is 22.7. The van der Waals surface area contributed by atoms with Crippen molar-refractivity contribution in [2.24, 2.45) is 11.8 Å². The molecule has 3 rings (SSSR count). The van der Waals surface area contributed by atoms with Gasteiger partial charge in [0.15, 0.2) is 0 Å². The minimum atomic E-state index is -0.353. The van der Waals surface area contributed by atoms with Gasteiger partial charge in [-0.15, -0.1) is 0 Å². The monoisotopic (exact) mass is 342 g/mol. The summed E-state index contributed by atoms with van der Waals surface area (Å²) < 4.78 is 0. The highest BCUT2D eigenvalue weighted by Crippen LogP contribution is 2.31. The summed E-state index contributed by atoms with van der Waals surface area (Å²) in [6, 6.07) is 5.46. The van der Waals surface area contributed by atoms with Crippen LogP contribution in [0.5, 0.6) is 0 Å². The van der Waals surface area contributed by atoms with Gasteiger partial charge in [0.2, 0.25) is 0 Å². The number of hydrogen-bond donors (Lipinski definition) is 1. The van der Waals surface area contributed by atoms with Gasteiger partial charge in [0.25, 0.3) is 5.69 Å². The van der Waals surface area contributed by atoms with E-state index in [0.29, 0.717) is 5.39 Å². The first kappa shape index (κ1) is 17.6. The Morgan fingerprint density at radius 1 is 1.28 bits per heavy atom. The average Bonchev–Trinajstić information content (AvgIpc) is 2.53. The molecule has 1 N–H and O–H groups in total. The summed E-state index contributed by atoms with van der Waals surface area (Å²) in [5.41, 5.74) is 1.02. The Morgan fingerprint density at radius 2 is 2.00 bits per heavy atom. The number of nitro groups is 1. The van der Waals surface area contributed by atoms with Crippen LogP contribution in [-0.4, -0.2) is 40.5 Å². The van der Waals surface area contributed by atoms with Crippen molar-refractivity contribution in [1.29, 1.82) is 0 Å². The number of fused-ring (bicyclic) bond motifs is 1. The molecular formula is C19H26N4O2. The van der Waals surface area contributed by atoms with E-state index in [9.17, 15) is 10.1 Å². The summed E-state index contributed by atoms with van der Waals surface area (Å²) in [6.07, 6.45) is 4.55. The van der Waals surface area contributed by atoms with Crippen LogP contribution in [0.25, 0.3) is 10.8 Å². The predicted molar refractivity (Wildman–Crippen MR) is 101 cm³/mol. The standard InChI is InChI=1S/C19H26N4O2/c1-13-8-14(2)11-22(10-13)12-15(3)21-18-4-5-19(23(24)25)17-9-20-7-6-16(17)18/h4-7,9,13-15,21H,8,10-12H2,1-3H3. The molecule has 1 aliphatic heterocycles. The Bertz CT molecular complexity index is 754. The minimum absolute atomic E-state index is 0.0972. The number of aromatic nitrogens is 1. The first-order valence-corrected chi connectivity index (χ1v) is 8.94. The molecule has 0 aliphatic carbocycles. The van der Waals surface area contributed by atoms with E-state index in [4.69, 9.17) is 0 Å². The topological polar surface area (TPSA) is 71.3 Å². The largest absolute Gasteiger partial charge is 0.381 e. The Kier molecular flexibility index (Phi) is 5.18. The summed E-state index contributed by atoms with van der Waals surface area (Å²) in [6.45, 7) is 10.0. The number of pyridine rings is 1. The van der Waals surface area contributed by atoms with Gasteiger partial charge in [-0.25, -0.2) is 0 Å². The first-order valence-electron chi connectivity index (χ1n) is 8.94. The van der Waals surface area contributed by atoms with E-state index in [0.717, 1.165) is 42.5 Å². The number of piperidine rings is 1. The first-order chi connectivity index (χ1) is 11.9. The summed E-state index contributed by atoms with van der Waals surface area (Å²) in [5.74, 6) is 1.48. The highest BCUT2D eigenvalue weighted by atomic mass is 16.6. The van der Waals surface area contributed by atoms with Crippen LogP contribution in [0.1, 0.15) is 27.2 Å². The molecule has 2 aromatic rings. The lowest BCUT2D eigenvalue weighted by molar-refractivity contribution is -0.383. The molecule has 3 atom stereocenters. The lowest BCUT2D eigenvalue weighted by Gasteiger charge is -2.36. The summed E-state index contributed by atoms with van der Waals surface area (Å²) >= 11 is 0. The number of hydrogen-bond acceptors (Lipinski definition) is 5. The van der Waals surface area contributed by atoms with Gasteiger partial charge in [0.1, 0.15) is 0 Å². The van der Waals surface area contributed by atoms with Gasteiger partial charge in [0, 0.05) is 55.2 Å². The molecule has 134 valence electrons. The van der Waals surface area contributed by atoms with E-state index in [2.05, 4.69) is 36.0 Å². The second-order valence-electron chi connectivity index (χ2n) is 7.52.